The highest BCUT2D eigenvalue weighted by Crippen LogP contribution is 2.16. The summed E-state index contributed by atoms with van der Waals surface area (Å²) in [5.41, 5.74) is 5.72. The molecule has 0 fully saturated rings. The van der Waals surface area contributed by atoms with E-state index in [0.29, 0.717) is 5.13 Å². The largest absolute Gasteiger partial charge is 0.320 e. The number of carbonyl (C=O) groups is 1. The van der Waals surface area contributed by atoms with Crippen molar-refractivity contribution in [2.75, 3.05) is 5.32 Å². The molecule has 5 nitrogen and oxygen atoms in total. The zero-order valence-electron chi connectivity index (χ0n) is 9.86. The number of nitrogens with zero attached hydrogens (tertiary/aromatic N) is 2. The molecule has 1 amide bonds. The normalized spacial score (nSPS) is 12.8. The van der Waals surface area contributed by atoms with Crippen LogP contribution in [0.4, 0.5) is 5.13 Å². The molecule has 1 aromatic rings. The molecule has 6 heteroatoms. The predicted octanol–water partition coefficient (Wildman–Crippen LogP) is 1.41. The lowest BCUT2D eigenvalue weighted by Gasteiger charge is -2.13. The first-order valence-corrected chi connectivity index (χ1v) is 6.25. The predicted molar refractivity (Wildman–Crippen MR) is 65.3 cm³/mol. The van der Waals surface area contributed by atoms with Crippen LogP contribution in [-0.2, 0) is 11.2 Å². The van der Waals surface area contributed by atoms with E-state index in [1.807, 2.05) is 13.8 Å². The molecule has 1 heterocycles. The number of nitrogens with one attached hydrogen (secondary N) is 1. The van der Waals surface area contributed by atoms with E-state index in [2.05, 4.69) is 22.4 Å². The van der Waals surface area contributed by atoms with Gasteiger partial charge in [0.15, 0.2) is 0 Å². The van der Waals surface area contributed by atoms with Crippen molar-refractivity contribution in [3.63, 3.8) is 0 Å². The van der Waals surface area contributed by atoms with Gasteiger partial charge in [0, 0.05) is 6.42 Å². The highest BCUT2D eigenvalue weighted by atomic mass is 32.1. The third-order valence-electron chi connectivity index (χ3n) is 2.18. The van der Waals surface area contributed by atoms with E-state index < -0.39 is 6.04 Å². The van der Waals surface area contributed by atoms with E-state index in [0.717, 1.165) is 17.8 Å². The number of hydrogen-bond donors (Lipinski definition) is 2. The van der Waals surface area contributed by atoms with Crippen molar-refractivity contribution < 1.29 is 4.79 Å². The number of carbonyl (C=O) groups excluding carboxylic acids is 1. The van der Waals surface area contributed by atoms with Gasteiger partial charge in [-0.25, -0.2) is 0 Å². The van der Waals surface area contributed by atoms with Crippen LogP contribution in [0.3, 0.4) is 0 Å². The summed E-state index contributed by atoms with van der Waals surface area (Å²) >= 11 is 1.41. The first kappa shape index (κ1) is 13.1. The lowest BCUT2D eigenvalue weighted by atomic mass is 10.1. The fraction of sp³-hybridized carbons (Fsp3) is 0.700. The Morgan fingerprint density at radius 1 is 1.50 bits per heavy atom. The number of anilines is 1. The second-order valence-electron chi connectivity index (χ2n) is 4.01. The second-order valence-corrected chi connectivity index (χ2v) is 5.07. The minimum atomic E-state index is -0.501. The molecule has 1 aromatic heterocycles. The summed E-state index contributed by atoms with van der Waals surface area (Å²) in [5, 5.41) is 12.0. The van der Waals surface area contributed by atoms with Gasteiger partial charge in [0.1, 0.15) is 5.01 Å². The number of aromatic nitrogens is 2. The third-order valence-corrected chi connectivity index (χ3v) is 3.08. The monoisotopic (exact) mass is 242 g/mol. The molecule has 0 unspecified atom stereocenters. The van der Waals surface area contributed by atoms with Gasteiger partial charge < -0.3 is 5.73 Å². The molecule has 0 aliphatic rings. The van der Waals surface area contributed by atoms with Crippen LogP contribution in [0.25, 0.3) is 0 Å². The van der Waals surface area contributed by atoms with Crippen molar-refractivity contribution in [3.05, 3.63) is 5.01 Å². The van der Waals surface area contributed by atoms with Gasteiger partial charge in [-0.05, 0) is 12.3 Å². The number of hydrogen-bond acceptors (Lipinski definition) is 5. The Bertz CT molecular complexity index is 350. The zero-order valence-corrected chi connectivity index (χ0v) is 10.7. The molecule has 1 rings (SSSR count). The van der Waals surface area contributed by atoms with Crippen molar-refractivity contribution >= 4 is 22.4 Å². The summed E-state index contributed by atoms with van der Waals surface area (Å²) in [7, 11) is 0. The molecule has 1 atom stereocenters. The molecule has 0 bridgehead atoms. The van der Waals surface area contributed by atoms with Gasteiger partial charge in [-0.15, -0.1) is 10.2 Å². The maximum absolute atomic E-state index is 11.6. The fourth-order valence-electron chi connectivity index (χ4n) is 1.11. The highest BCUT2D eigenvalue weighted by molar-refractivity contribution is 7.15. The molecular weight excluding hydrogens is 224 g/mol. The molecule has 16 heavy (non-hydrogen) atoms. The Morgan fingerprint density at radius 2 is 2.19 bits per heavy atom. The molecule has 0 spiro atoms. The summed E-state index contributed by atoms with van der Waals surface area (Å²) in [6, 6.07) is -0.501. The fourth-order valence-corrected chi connectivity index (χ4v) is 1.95. The first-order chi connectivity index (χ1) is 7.54. The Labute approximate surface area is 99.5 Å². The van der Waals surface area contributed by atoms with Crippen molar-refractivity contribution in [3.8, 4) is 0 Å². The summed E-state index contributed by atoms with van der Waals surface area (Å²) in [5.74, 6) is -0.0859. The summed E-state index contributed by atoms with van der Waals surface area (Å²) in [6.45, 7) is 5.90. The van der Waals surface area contributed by atoms with Gasteiger partial charge in [-0.1, -0.05) is 32.1 Å². The van der Waals surface area contributed by atoms with Crippen LogP contribution in [-0.4, -0.2) is 22.1 Å². The van der Waals surface area contributed by atoms with Crippen molar-refractivity contribution in [1.29, 1.82) is 0 Å². The van der Waals surface area contributed by atoms with Gasteiger partial charge in [0.05, 0.1) is 6.04 Å². The van der Waals surface area contributed by atoms with Crippen LogP contribution in [0.5, 0.6) is 0 Å². The Balaban J connectivity index is 2.56. The summed E-state index contributed by atoms with van der Waals surface area (Å²) in [4.78, 5) is 11.6. The molecule has 0 radical (unpaired) electrons. The van der Waals surface area contributed by atoms with E-state index in [9.17, 15) is 4.79 Å². The van der Waals surface area contributed by atoms with Crippen molar-refractivity contribution in [2.45, 2.75) is 39.7 Å². The molecule has 90 valence electrons. The average molecular weight is 242 g/mol. The highest BCUT2D eigenvalue weighted by Gasteiger charge is 2.18. The number of aryl methyl sites for hydroxylation is 1. The van der Waals surface area contributed by atoms with Crippen LogP contribution in [0.2, 0.25) is 0 Å². The number of nitrogens with two attached hydrogens (primary N) is 1. The Kier molecular flexibility index (Phi) is 4.82. The zero-order chi connectivity index (χ0) is 12.1. The van der Waals surface area contributed by atoms with Gasteiger partial charge in [-0.3, -0.25) is 10.1 Å². The van der Waals surface area contributed by atoms with E-state index in [1.54, 1.807) is 0 Å². The van der Waals surface area contributed by atoms with Crippen LogP contribution < -0.4 is 11.1 Å². The first-order valence-electron chi connectivity index (χ1n) is 5.43. The van der Waals surface area contributed by atoms with E-state index >= 15 is 0 Å². The van der Waals surface area contributed by atoms with E-state index in [4.69, 9.17) is 5.73 Å². The molecule has 3 N–H and O–H groups in total. The summed E-state index contributed by atoms with van der Waals surface area (Å²) in [6.07, 6.45) is 1.91. The Morgan fingerprint density at radius 3 is 2.75 bits per heavy atom. The third kappa shape index (κ3) is 3.53. The molecular formula is C10H18N4OS. The van der Waals surface area contributed by atoms with Crippen LogP contribution >= 0.6 is 11.3 Å². The SMILES string of the molecule is CCCc1nnc(NC(=O)[C@@H](N)C(C)C)s1. The maximum Gasteiger partial charge on any atom is 0.243 e. The average Bonchev–Trinajstić information content (AvgIpc) is 2.65. The molecule has 0 saturated heterocycles. The van der Waals surface area contributed by atoms with Gasteiger partial charge in [0.25, 0.3) is 0 Å². The lowest BCUT2D eigenvalue weighted by Crippen LogP contribution is -2.39. The minimum Gasteiger partial charge on any atom is -0.320 e. The Hall–Kier alpha value is -1.01. The standard InChI is InChI=1S/C10H18N4OS/c1-4-5-7-13-14-10(16-7)12-9(15)8(11)6(2)3/h6,8H,4-5,11H2,1-3H3,(H,12,14,15)/t8-/m0/s1. The van der Waals surface area contributed by atoms with Crippen molar-refractivity contribution in [2.24, 2.45) is 11.7 Å². The van der Waals surface area contributed by atoms with Crippen LogP contribution in [0.1, 0.15) is 32.2 Å². The minimum absolute atomic E-state index is 0.114. The molecule has 0 aromatic carbocycles. The van der Waals surface area contributed by atoms with E-state index in [-0.39, 0.29) is 11.8 Å². The van der Waals surface area contributed by atoms with Gasteiger partial charge in [-0.2, -0.15) is 0 Å². The summed E-state index contributed by atoms with van der Waals surface area (Å²) < 4.78 is 0. The van der Waals surface area contributed by atoms with Crippen molar-refractivity contribution in [1.82, 2.24) is 10.2 Å². The second kappa shape index (κ2) is 5.91. The van der Waals surface area contributed by atoms with Gasteiger partial charge >= 0.3 is 0 Å². The molecule has 0 saturated carbocycles. The maximum atomic E-state index is 11.6. The lowest BCUT2D eigenvalue weighted by molar-refractivity contribution is -0.118. The molecule has 0 aliphatic heterocycles. The van der Waals surface area contributed by atoms with Crippen LogP contribution in [0, 0.1) is 5.92 Å². The topological polar surface area (TPSA) is 80.9 Å². The smallest absolute Gasteiger partial charge is 0.243 e. The number of amides is 1. The van der Waals surface area contributed by atoms with E-state index in [1.165, 1.54) is 11.3 Å². The van der Waals surface area contributed by atoms with Gasteiger partial charge in [0.2, 0.25) is 11.0 Å². The quantitative estimate of drug-likeness (QED) is 0.818. The molecule has 0 aliphatic carbocycles. The van der Waals surface area contributed by atoms with Crippen LogP contribution in [0.15, 0.2) is 0 Å². The number of rotatable bonds is 5.